The van der Waals surface area contributed by atoms with E-state index in [2.05, 4.69) is 4.98 Å². The Hall–Kier alpha value is -0.800. The summed E-state index contributed by atoms with van der Waals surface area (Å²) in [6.07, 6.45) is 1.42. The molecule has 0 aliphatic rings. The highest BCUT2D eigenvalue weighted by atomic mass is 35.5. The van der Waals surface area contributed by atoms with Crippen molar-refractivity contribution in [1.29, 1.82) is 0 Å². The van der Waals surface area contributed by atoms with Gasteiger partial charge in [0.1, 0.15) is 10.7 Å². The van der Waals surface area contributed by atoms with Gasteiger partial charge in [-0.1, -0.05) is 23.2 Å². The van der Waals surface area contributed by atoms with Gasteiger partial charge in [-0.2, -0.15) is 0 Å². The molecule has 0 unspecified atom stereocenters. The summed E-state index contributed by atoms with van der Waals surface area (Å²) in [6, 6.07) is 1.49. The number of aromatic nitrogens is 1. The van der Waals surface area contributed by atoms with Crippen molar-refractivity contribution in [2.24, 2.45) is 0 Å². The van der Waals surface area contributed by atoms with Gasteiger partial charge in [-0.15, -0.1) is 0 Å². The minimum Gasteiger partial charge on any atom is -0.462 e. The summed E-state index contributed by atoms with van der Waals surface area (Å²) in [5.41, 5.74) is 0.118. The largest absolute Gasteiger partial charge is 0.462 e. The summed E-state index contributed by atoms with van der Waals surface area (Å²) >= 11 is 11.4. The third-order valence-electron chi connectivity index (χ3n) is 1.33. The molecule has 0 spiro atoms. The van der Waals surface area contributed by atoms with Crippen LogP contribution in [0.4, 0.5) is 0 Å². The van der Waals surface area contributed by atoms with Crippen LogP contribution >= 0.6 is 23.2 Å². The molecule has 13 heavy (non-hydrogen) atoms. The van der Waals surface area contributed by atoms with Crippen LogP contribution in [0.15, 0.2) is 12.3 Å². The molecule has 1 aromatic rings. The van der Waals surface area contributed by atoms with Gasteiger partial charge in [-0.05, 0) is 13.0 Å². The number of carbonyl (C=O) groups excluding carboxylic acids is 1. The molecule has 0 atom stereocenters. The van der Waals surface area contributed by atoms with Crippen LogP contribution in [0, 0.1) is 0 Å². The fourth-order valence-corrected chi connectivity index (χ4v) is 1.31. The van der Waals surface area contributed by atoms with E-state index in [0.717, 1.165) is 0 Å². The van der Waals surface area contributed by atoms with Crippen molar-refractivity contribution in [2.45, 2.75) is 6.92 Å². The lowest BCUT2D eigenvalue weighted by atomic mass is 10.3. The molecule has 1 rings (SSSR count). The first-order valence-corrected chi connectivity index (χ1v) is 4.39. The number of ether oxygens (including phenoxy) is 1. The topological polar surface area (TPSA) is 39.2 Å². The van der Waals surface area contributed by atoms with Crippen molar-refractivity contribution < 1.29 is 9.53 Å². The second kappa shape index (κ2) is 4.44. The predicted octanol–water partition coefficient (Wildman–Crippen LogP) is 2.57. The molecule has 1 heterocycles. The minimum absolute atomic E-state index is 0.0611. The standard InChI is InChI=1S/C8H7Cl2NO2/c1-2-13-8(12)6-5(9)3-4-11-7(6)10/h3-4H,2H2,1H3. The van der Waals surface area contributed by atoms with E-state index in [-0.39, 0.29) is 22.3 Å². The molecule has 0 N–H and O–H groups in total. The molecule has 70 valence electrons. The lowest BCUT2D eigenvalue weighted by Gasteiger charge is -2.04. The molecule has 5 heteroatoms. The van der Waals surface area contributed by atoms with Crippen LogP contribution in [-0.2, 0) is 4.74 Å². The van der Waals surface area contributed by atoms with Gasteiger partial charge < -0.3 is 4.74 Å². The third-order valence-corrected chi connectivity index (χ3v) is 1.93. The Kier molecular flexibility index (Phi) is 3.51. The predicted molar refractivity (Wildman–Crippen MR) is 50.2 cm³/mol. The SMILES string of the molecule is CCOC(=O)c1c(Cl)ccnc1Cl. The maximum atomic E-state index is 11.3. The summed E-state index contributed by atoms with van der Waals surface area (Å²) in [4.78, 5) is 15.0. The summed E-state index contributed by atoms with van der Waals surface area (Å²) in [7, 11) is 0. The Morgan fingerprint density at radius 1 is 1.62 bits per heavy atom. The molecule has 0 amide bonds. The number of rotatable bonds is 2. The summed E-state index contributed by atoms with van der Waals surface area (Å²) in [5.74, 6) is -0.550. The number of hydrogen-bond acceptors (Lipinski definition) is 3. The molecule has 0 aromatic carbocycles. The maximum absolute atomic E-state index is 11.3. The van der Waals surface area contributed by atoms with Gasteiger partial charge in [0.2, 0.25) is 0 Å². The van der Waals surface area contributed by atoms with Crippen molar-refractivity contribution in [1.82, 2.24) is 4.98 Å². The fourth-order valence-electron chi connectivity index (χ4n) is 0.800. The molecule has 1 aromatic heterocycles. The van der Waals surface area contributed by atoms with Crippen LogP contribution in [0.5, 0.6) is 0 Å². The third kappa shape index (κ3) is 2.32. The van der Waals surface area contributed by atoms with Crippen LogP contribution in [0.1, 0.15) is 17.3 Å². The van der Waals surface area contributed by atoms with Crippen molar-refractivity contribution >= 4 is 29.2 Å². The highest BCUT2D eigenvalue weighted by Gasteiger charge is 2.16. The zero-order valence-corrected chi connectivity index (χ0v) is 8.39. The zero-order valence-electron chi connectivity index (χ0n) is 6.88. The number of hydrogen-bond donors (Lipinski definition) is 0. The molecule has 0 bridgehead atoms. The average Bonchev–Trinajstić information content (AvgIpc) is 2.04. The van der Waals surface area contributed by atoms with Crippen LogP contribution in [-0.4, -0.2) is 17.6 Å². The Labute approximate surface area is 85.6 Å². The lowest BCUT2D eigenvalue weighted by molar-refractivity contribution is 0.0526. The quantitative estimate of drug-likeness (QED) is 0.567. The highest BCUT2D eigenvalue weighted by Crippen LogP contribution is 2.22. The van der Waals surface area contributed by atoms with E-state index in [1.54, 1.807) is 6.92 Å². The van der Waals surface area contributed by atoms with Crippen molar-refractivity contribution in [3.05, 3.63) is 28.0 Å². The molecule has 0 aliphatic heterocycles. The zero-order chi connectivity index (χ0) is 9.84. The summed E-state index contributed by atoms with van der Waals surface area (Å²) in [6.45, 7) is 1.98. The van der Waals surface area contributed by atoms with Gasteiger partial charge in [-0.3, -0.25) is 0 Å². The normalized spacial score (nSPS) is 9.77. The van der Waals surface area contributed by atoms with E-state index in [1.165, 1.54) is 12.3 Å². The number of carbonyl (C=O) groups is 1. The van der Waals surface area contributed by atoms with E-state index < -0.39 is 5.97 Å². The fraction of sp³-hybridized carbons (Fsp3) is 0.250. The molecule has 3 nitrogen and oxygen atoms in total. The smallest absolute Gasteiger partial charge is 0.342 e. The first-order chi connectivity index (χ1) is 6.16. The number of pyridine rings is 1. The van der Waals surface area contributed by atoms with Gasteiger partial charge in [-0.25, -0.2) is 9.78 Å². The number of halogens is 2. The van der Waals surface area contributed by atoms with Crippen LogP contribution in [0.25, 0.3) is 0 Å². The van der Waals surface area contributed by atoms with Gasteiger partial charge in [0.05, 0.1) is 11.6 Å². The minimum atomic E-state index is -0.550. The van der Waals surface area contributed by atoms with Crippen molar-refractivity contribution in [2.75, 3.05) is 6.61 Å². The van der Waals surface area contributed by atoms with Crippen LogP contribution < -0.4 is 0 Å². The summed E-state index contributed by atoms with van der Waals surface area (Å²) in [5, 5.41) is 0.310. The van der Waals surface area contributed by atoms with E-state index in [9.17, 15) is 4.79 Å². The second-order valence-corrected chi connectivity index (χ2v) is 2.94. The molecule has 0 saturated carbocycles. The number of nitrogens with zero attached hydrogens (tertiary/aromatic N) is 1. The summed E-state index contributed by atoms with van der Waals surface area (Å²) < 4.78 is 4.74. The Balaban J connectivity index is 3.05. The van der Waals surface area contributed by atoms with Gasteiger partial charge in [0.15, 0.2) is 0 Å². The molecule has 0 saturated heterocycles. The highest BCUT2D eigenvalue weighted by molar-refractivity contribution is 6.38. The molecule has 0 fully saturated rings. The Morgan fingerprint density at radius 3 is 2.85 bits per heavy atom. The van der Waals surface area contributed by atoms with Gasteiger partial charge >= 0.3 is 5.97 Å². The first kappa shape index (κ1) is 10.3. The van der Waals surface area contributed by atoms with Gasteiger partial charge in [0.25, 0.3) is 0 Å². The van der Waals surface area contributed by atoms with Crippen molar-refractivity contribution in [3.63, 3.8) is 0 Å². The van der Waals surface area contributed by atoms with E-state index in [1.807, 2.05) is 0 Å². The van der Waals surface area contributed by atoms with E-state index in [0.29, 0.717) is 0 Å². The monoisotopic (exact) mass is 219 g/mol. The Morgan fingerprint density at radius 2 is 2.31 bits per heavy atom. The Bertz CT molecular complexity index is 308. The van der Waals surface area contributed by atoms with E-state index in [4.69, 9.17) is 27.9 Å². The first-order valence-electron chi connectivity index (χ1n) is 3.64. The number of esters is 1. The molecular formula is C8H7Cl2NO2. The molecule has 0 radical (unpaired) electrons. The maximum Gasteiger partial charge on any atom is 0.342 e. The second-order valence-electron chi connectivity index (χ2n) is 2.18. The molecule has 0 aliphatic carbocycles. The lowest BCUT2D eigenvalue weighted by Crippen LogP contribution is -2.06. The van der Waals surface area contributed by atoms with Crippen molar-refractivity contribution in [3.8, 4) is 0 Å². The molecular weight excluding hydrogens is 213 g/mol. The van der Waals surface area contributed by atoms with Gasteiger partial charge in [0, 0.05) is 6.20 Å². The average molecular weight is 220 g/mol. The van der Waals surface area contributed by atoms with E-state index >= 15 is 0 Å². The van der Waals surface area contributed by atoms with Crippen LogP contribution in [0.2, 0.25) is 10.2 Å². The van der Waals surface area contributed by atoms with Crippen LogP contribution in [0.3, 0.4) is 0 Å².